The summed E-state index contributed by atoms with van der Waals surface area (Å²) in [6.45, 7) is 3.77. The SMILES string of the molecule is Cc1nn(C(CC(N)=NO)c2ccccc2)c(C)c1Cl. The molecule has 2 rings (SSSR count). The number of aryl methyl sites for hydroxylation is 1. The molecule has 6 heteroatoms. The summed E-state index contributed by atoms with van der Waals surface area (Å²) >= 11 is 6.21. The Morgan fingerprint density at radius 3 is 2.55 bits per heavy atom. The lowest BCUT2D eigenvalue weighted by Crippen LogP contribution is -2.22. The van der Waals surface area contributed by atoms with Crippen LogP contribution in [0.15, 0.2) is 35.5 Å². The number of amidine groups is 1. The van der Waals surface area contributed by atoms with Gasteiger partial charge in [-0.05, 0) is 19.4 Å². The minimum Gasteiger partial charge on any atom is -0.409 e. The average Bonchev–Trinajstić information content (AvgIpc) is 2.73. The van der Waals surface area contributed by atoms with Crippen molar-refractivity contribution in [3.8, 4) is 0 Å². The number of benzene rings is 1. The van der Waals surface area contributed by atoms with Crippen molar-refractivity contribution in [2.24, 2.45) is 10.9 Å². The maximum absolute atomic E-state index is 8.81. The Hall–Kier alpha value is -2.01. The van der Waals surface area contributed by atoms with Crippen molar-refractivity contribution in [1.82, 2.24) is 9.78 Å². The zero-order valence-corrected chi connectivity index (χ0v) is 12.2. The maximum Gasteiger partial charge on any atom is 0.141 e. The van der Waals surface area contributed by atoms with Gasteiger partial charge in [0.1, 0.15) is 5.84 Å². The first kappa shape index (κ1) is 14.4. The summed E-state index contributed by atoms with van der Waals surface area (Å²) in [6, 6.07) is 9.65. The van der Waals surface area contributed by atoms with Crippen molar-refractivity contribution in [3.63, 3.8) is 0 Å². The van der Waals surface area contributed by atoms with Gasteiger partial charge in [0.05, 0.1) is 22.5 Å². The normalized spacial score (nSPS) is 13.4. The summed E-state index contributed by atoms with van der Waals surface area (Å²) < 4.78 is 1.82. The van der Waals surface area contributed by atoms with Crippen LogP contribution in [0.25, 0.3) is 0 Å². The molecule has 1 heterocycles. The second kappa shape index (κ2) is 5.96. The number of hydrogen-bond donors (Lipinski definition) is 2. The van der Waals surface area contributed by atoms with Gasteiger partial charge in [-0.1, -0.05) is 47.1 Å². The Balaban J connectivity index is 2.49. The van der Waals surface area contributed by atoms with Gasteiger partial charge < -0.3 is 10.9 Å². The van der Waals surface area contributed by atoms with Crippen LogP contribution in [0.3, 0.4) is 0 Å². The molecule has 0 aliphatic rings. The summed E-state index contributed by atoms with van der Waals surface area (Å²) in [5, 5.41) is 17.0. The van der Waals surface area contributed by atoms with Crippen molar-refractivity contribution in [3.05, 3.63) is 52.3 Å². The third-order valence-electron chi connectivity index (χ3n) is 3.25. The zero-order valence-electron chi connectivity index (χ0n) is 11.4. The molecule has 0 saturated carbocycles. The molecule has 0 aliphatic heterocycles. The van der Waals surface area contributed by atoms with E-state index in [-0.39, 0.29) is 11.9 Å². The summed E-state index contributed by atoms with van der Waals surface area (Å²) in [5.74, 6) is 0.155. The van der Waals surface area contributed by atoms with Crippen molar-refractivity contribution < 1.29 is 5.21 Å². The van der Waals surface area contributed by atoms with Crippen LogP contribution in [0, 0.1) is 13.8 Å². The molecule has 5 nitrogen and oxygen atoms in total. The molecule has 0 amide bonds. The average molecular weight is 293 g/mol. The standard InChI is InChI=1S/C14H17ClN4O/c1-9-14(15)10(2)19(17-9)12(8-13(16)18-20)11-6-4-3-5-7-11/h3-7,12,20H,8H2,1-2H3,(H2,16,18). The predicted molar refractivity (Wildman–Crippen MR) is 79.3 cm³/mol. The van der Waals surface area contributed by atoms with Gasteiger partial charge in [0.25, 0.3) is 0 Å². The number of aromatic nitrogens is 2. The third-order valence-corrected chi connectivity index (χ3v) is 3.79. The fourth-order valence-corrected chi connectivity index (χ4v) is 2.33. The van der Waals surface area contributed by atoms with E-state index in [0.717, 1.165) is 17.0 Å². The van der Waals surface area contributed by atoms with E-state index < -0.39 is 0 Å². The molecule has 1 unspecified atom stereocenters. The second-order valence-corrected chi connectivity index (χ2v) is 5.03. The van der Waals surface area contributed by atoms with Crippen LogP contribution in [0.4, 0.5) is 0 Å². The van der Waals surface area contributed by atoms with Gasteiger partial charge in [-0.2, -0.15) is 5.10 Å². The van der Waals surface area contributed by atoms with E-state index >= 15 is 0 Å². The number of oxime groups is 1. The third kappa shape index (κ3) is 2.77. The number of halogens is 1. The lowest BCUT2D eigenvalue weighted by molar-refractivity contribution is 0.315. The van der Waals surface area contributed by atoms with E-state index in [1.807, 2.05) is 48.9 Å². The fourth-order valence-electron chi connectivity index (χ4n) is 2.21. The molecule has 106 valence electrons. The van der Waals surface area contributed by atoms with Crippen LogP contribution in [0.1, 0.15) is 29.4 Å². The Kier molecular flexibility index (Phi) is 4.29. The van der Waals surface area contributed by atoms with Crippen LogP contribution in [-0.4, -0.2) is 20.8 Å². The Labute approximate surface area is 122 Å². The largest absolute Gasteiger partial charge is 0.409 e. The van der Waals surface area contributed by atoms with Crippen LogP contribution in [-0.2, 0) is 0 Å². The molecular formula is C14H17ClN4O. The van der Waals surface area contributed by atoms with Gasteiger partial charge in [-0.15, -0.1) is 0 Å². The van der Waals surface area contributed by atoms with Gasteiger partial charge in [0.2, 0.25) is 0 Å². The molecule has 0 aliphatic carbocycles. The van der Waals surface area contributed by atoms with E-state index in [9.17, 15) is 0 Å². The van der Waals surface area contributed by atoms with Crippen molar-refractivity contribution >= 4 is 17.4 Å². The first-order valence-electron chi connectivity index (χ1n) is 6.27. The Bertz CT molecular complexity index is 622. The van der Waals surface area contributed by atoms with E-state index in [1.54, 1.807) is 0 Å². The topological polar surface area (TPSA) is 76.4 Å². The molecule has 0 fully saturated rings. The molecular weight excluding hydrogens is 276 g/mol. The van der Waals surface area contributed by atoms with E-state index in [0.29, 0.717) is 11.4 Å². The summed E-state index contributed by atoms with van der Waals surface area (Å²) in [5.41, 5.74) is 8.33. The maximum atomic E-state index is 8.81. The highest BCUT2D eigenvalue weighted by Gasteiger charge is 2.21. The smallest absolute Gasteiger partial charge is 0.141 e. The van der Waals surface area contributed by atoms with Gasteiger partial charge in [-0.3, -0.25) is 4.68 Å². The molecule has 2 aromatic rings. The zero-order chi connectivity index (χ0) is 14.7. The van der Waals surface area contributed by atoms with Crippen molar-refractivity contribution in [2.75, 3.05) is 0 Å². The van der Waals surface area contributed by atoms with Gasteiger partial charge in [0.15, 0.2) is 0 Å². The van der Waals surface area contributed by atoms with E-state index in [1.165, 1.54) is 0 Å². The minimum absolute atomic E-state index is 0.154. The molecule has 0 radical (unpaired) electrons. The molecule has 0 bridgehead atoms. The van der Waals surface area contributed by atoms with Crippen molar-refractivity contribution in [1.29, 1.82) is 0 Å². The van der Waals surface area contributed by atoms with Crippen LogP contribution in [0.2, 0.25) is 5.02 Å². The number of nitrogens with zero attached hydrogens (tertiary/aromatic N) is 3. The molecule has 20 heavy (non-hydrogen) atoms. The highest BCUT2D eigenvalue weighted by atomic mass is 35.5. The quantitative estimate of drug-likeness (QED) is 0.394. The first-order valence-corrected chi connectivity index (χ1v) is 6.65. The second-order valence-electron chi connectivity index (χ2n) is 4.65. The van der Waals surface area contributed by atoms with E-state index in [4.69, 9.17) is 22.5 Å². The van der Waals surface area contributed by atoms with Crippen LogP contribution >= 0.6 is 11.6 Å². The number of hydrogen-bond acceptors (Lipinski definition) is 3. The molecule has 0 spiro atoms. The fraction of sp³-hybridized carbons (Fsp3) is 0.286. The minimum atomic E-state index is -0.154. The van der Waals surface area contributed by atoms with Crippen LogP contribution in [0.5, 0.6) is 0 Å². The molecule has 1 aromatic carbocycles. The van der Waals surface area contributed by atoms with Gasteiger partial charge >= 0.3 is 0 Å². The molecule has 1 atom stereocenters. The highest BCUT2D eigenvalue weighted by molar-refractivity contribution is 6.31. The summed E-state index contributed by atoms with van der Waals surface area (Å²) in [6.07, 6.45) is 0.360. The lowest BCUT2D eigenvalue weighted by Gasteiger charge is -2.19. The highest BCUT2D eigenvalue weighted by Crippen LogP contribution is 2.28. The van der Waals surface area contributed by atoms with Gasteiger partial charge in [0, 0.05) is 6.42 Å². The first-order chi connectivity index (χ1) is 9.54. The predicted octanol–water partition coefficient (Wildman–Crippen LogP) is 2.88. The van der Waals surface area contributed by atoms with Crippen molar-refractivity contribution in [2.45, 2.75) is 26.3 Å². The van der Waals surface area contributed by atoms with E-state index in [2.05, 4.69) is 10.3 Å². The lowest BCUT2D eigenvalue weighted by atomic mass is 10.0. The van der Waals surface area contributed by atoms with Gasteiger partial charge in [-0.25, -0.2) is 0 Å². The summed E-state index contributed by atoms with van der Waals surface area (Å²) in [7, 11) is 0. The molecule has 1 aromatic heterocycles. The number of nitrogens with two attached hydrogens (primary N) is 1. The Morgan fingerprint density at radius 1 is 1.40 bits per heavy atom. The van der Waals surface area contributed by atoms with Crippen LogP contribution < -0.4 is 5.73 Å². The number of rotatable bonds is 4. The monoisotopic (exact) mass is 292 g/mol. The summed E-state index contributed by atoms with van der Waals surface area (Å²) in [4.78, 5) is 0. The molecule has 3 N–H and O–H groups in total. The molecule has 0 saturated heterocycles. The Morgan fingerprint density at radius 2 is 2.05 bits per heavy atom.